The summed E-state index contributed by atoms with van der Waals surface area (Å²) < 4.78 is 4.87. The van der Waals surface area contributed by atoms with Crippen LogP contribution in [0, 0.1) is 5.41 Å². The summed E-state index contributed by atoms with van der Waals surface area (Å²) in [5.41, 5.74) is 2.44. The fraction of sp³-hybridized carbons (Fsp3) is 0.478. The van der Waals surface area contributed by atoms with E-state index in [0.717, 1.165) is 38.6 Å². The normalized spacial score (nSPS) is 26.1. The van der Waals surface area contributed by atoms with Crippen molar-refractivity contribution in [1.29, 1.82) is 0 Å². The number of nitrogens with zero attached hydrogens (tertiary/aromatic N) is 3. The average Bonchev–Trinajstić information content (AvgIpc) is 3.54. The number of hydrogen-bond donors (Lipinski definition) is 1. The van der Waals surface area contributed by atoms with Gasteiger partial charge in [-0.3, -0.25) is 14.4 Å². The predicted molar refractivity (Wildman–Crippen MR) is 111 cm³/mol. The van der Waals surface area contributed by atoms with Crippen LogP contribution in [0.15, 0.2) is 41.1 Å². The largest absolute Gasteiger partial charge is 0.483 e. The van der Waals surface area contributed by atoms with Crippen LogP contribution < -0.4 is 0 Å². The lowest BCUT2D eigenvalue weighted by Crippen LogP contribution is -2.52. The highest BCUT2D eigenvalue weighted by Crippen LogP contribution is 2.53. The van der Waals surface area contributed by atoms with Crippen LogP contribution >= 0.6 is 0 Å². The van der Waals surface area contributed by atoms with Gasteiger partial charge in [-0.2, -0.15) is 0 Å². The Bertz CT molecular complexity index is 960. The third-order valence-corrected chi connectivity index (χ3v) is 7.11. The summed E-state index contributed by atoms with van der Waals surface area (Å²) in [6, 6.07) is 10.1. The van der Waals surface area contributed by atoms with E-state index in [1.165, 1.54) is 17.4 Å². The third-order valence-electron chi connectivity index (χ3n) is 7.11. The molecule has 2 amide bonds. The Labute approximate surface area is 180 Å². The van der Waals surface area contributed by atoms with E-state index in [2.05, 4.69) is 30.3 Å². The number of rotatable bonds is 3. The standard InChI is InChI=1S/C22H25N3O3.CH2O2/c1-2-22(21(27)24-11-9-15-5-3-4-6-16(15)14-24)13-17-7-8-19(22)25(17)20(26)18-10-12-28-23-18;2-1-3/h3-6,10,12,17,19H,2,7-9,11,13-14H2,1H3;1H,(H,2,3)/t17-,19+,22+;/m0./s1. The van der Waals surface area contributed by atoms with Crippen LogP contribution in [0.5, 0.6) is 0 Å². The second kappa shape index (κ2) is 8.53. The van der Waals surface area contributed by atoms with Gasteiger partial charge in [0.15, 0.2) is 5.69 Å². The van der Waals surface area contributed by atoms with E-state index in [-0.39, 0.29) is 30.4 Å². The average molecular weight is 425 g/mol. The molecule has 2 bridgehead atoms. The quantitative estimate of drug-likeness (QED) is 0.759. The van der Waals surface area contributed by atoms with Crippen molar-refractivity contribution in [3.05, 3.63) is 53.4 Å². The second-order valence-corrected chi connectivity index (χ2v) is 8.41. The molecule has 8 heteroatoms. The number of benzene rings is 1. The van der Waals surface area contributed by atoms with Crippen LogP contribution in [0.25, 0.3) is 0 Å². The smallest absolute Gasteiger partial charge is 0.290 e. The van der Waals surface area contributed by atoms with Crippen molar-refractivity contribution >= 4 is 18.3 Å². The van der Waals surface area contributed by atoms with E-state index in [0.29, 0.717) is 12.2 Å². The zero-order valence-electron chi connectivity index (χ0n) is 17.6. The number of carboxylic acid groups (broad SMARTS) is 1. The maximum absolute atomic E-state index is 13.8. The minimum atomic E-state index is -0.478. The van der Waals surface area contributed by atoms with Gasteiger partial charge in [-0.05, 0) is 43.2 Å². The maximum Gasteiger partial charge on any atom is 0.290 e. The zero-order chi connectivity index (χ0) is 22.0. The maximum atomic E-state index is 13.8. The molecular weight excluding hydrogens is 398 g/mol. The first-order valence-electron chi connectivity index (χ1n) is 10.7. The molecule has 2 fully saturated rings. The Balaban J connectivity index is 0.000000730. The van der Waals surface area contributed by atoms with Crippen LogP contribution in [0.2, 0.25) is 0 Å². The molecule has 1 aromatic heterocycles. The van der Waals surface area contributed by atoms with E-state index in [4.69, 9.17) is 14.4 Å². The van der Waals surface area contributed by atoms with Crippen LogP contribution in [0.1, 0.15) is 54.2 Å². The molecule has 1 aromatic carbocycles. The Morgan fingerprint density at radius 3 is 2.68 bits per heavy atom. The topological polar surface area (TPSA) is 104 Å². The molecule has 4 heterocycles. The molecule has 0 radical (unpaired) electrons. The second-order valence-electron chi connectivity index (χ2n) is 8.41. The van der Waals surface area contributed by atoms with Gasteiger partial charge in [0.05, 0.1) is 5.41 Å². The summed E-state index contributed by atoms with van der Waals surface area (Å²) in [6.45, 7) is 3.27. The lowest BCUT2D eigenvalue weighted by atomic mass is 9.70. The fourth-order valence-corrected chi connectivity index (χ4v) is 5.69. The van der Waals surface area contributed by atoms with Crippen LogP contribution in [0.4, 0.5) is 0 Å². The molecular formula is C23H27N3O5. The highest BCUT2D eigenvalue weighted by Gasteiger charge is 2.61. The van der Waals surface area contributed by atoms with Crippen molar-refractivity contribution in [2.45, 2.75) is 57.7 Å². The zero-order valence-corrected chi connectivity index (χ0v) is 17.6. The van der Waals surface area contributed by atoms with Gasteiger partial charge in [0.2, 0.25) is 5.91 Å². The lowest BCUT2D eigenvalue weighted by Gasteiger charge is -2.41. The Kier molecular flexibility index (Phi) is 5.80. The minimum Gasteiger partial charge on any atom is -0.483 e. The Morgan fingerprint density at radius 2 is 2.00 bits per heavy atom. The number of amides is 2. The van der Waals surface area contributed by atoms with Gasteiger partial charge in [0, 0.05) is 31.2 Å². The first-order chi connectivity index (χ1) is 15.1. The van der Waals surface area contributed by atoms with E-state index >= 15 is 0 Å². The molecule has 1 N–H and O–H groups in total. The number of fused-ring (bicyclic) bond motifs is 3. The summed E-state index contributed by atoms with van der Waals surface area (Å²) in [4.78, 5) is 39.1. The molecule has 0 unspecified atom stereocenters. The van der Waals surface area contributed by atoms with Gasteiger partial charge in [-0.25, -0.2) is 0 Å². The summed E-state index contributed by atoms with van der Waals surface area (Å²) in [5, 5.41) is 10.7. The monoisotopic (exact) mass is 425 g/mol. The van der Waals surface area contributed by atoms with Crippen molar-refractivity contribution in [2.24, 2.45) is 5.41 Å². The van der Waals surface area contributed by atoms with Crippen molar-refractivity contribution in [2.75, 3.05) is 6.54 Å². The SMILES string of the molecule is CC[C@@]1(C(=O)N2CCc3ccccc3C2)C[C@@H]2CC[C@H]1N2C(=O)c1ccon1.O=CO. The van der Waals surface area contributed by atoms with E-state index < -0.39 is 5.41 Å². The molecule has 3 aliphatic rings. The highest BCUT2D eigenvalue weighted by atomic mass is 16.5. The number of carbonyl (C=O) groups excluding carboxylic acids is 2. The van der Waals surface area contributed by atoms with Gasteiger partial charge >= 0.3 is 0 Å². The first kappa shape index (κ1) is 21.1. The van der Waals surface area contributed by atoms with E-state index in [1.54, 1.807) is 6.07 Å². The predicted octanol–water partition coefficient (Wildman–Crippen LogP) is 2.73. The Hall–Kier alpha value is -3.16. The molecule has 3 atom stereocenters. The van der Waals surface area contributed by atoms with E-state index in [9.17, 15) is 9.59 Å². The van der Waals surface area contributed by atoms with Crippen molar-refractivity contribution in [3.8, 4) is 0 Å². The van der Waals surface area contributed by atoms with Crippen molar-refractivity contribution in [3.63, 3.8) is 0 Å². The van der Waals surface area contributed by atoms with Gasteiger partial charge in [-0.1, -0.05) is 36.3 Å². The van der Waals surface area contributed by atoms with Crippen molar-refractivity contribution in [1.82, 2.24) is 15.0 Å². The molecule has 8 nitrogen and oxygen atoms in total. The molecule has 0 saturated carbocycles. The molecule has 164 valence electrons. The van der Waals surface area contributed by atoms with E-state index in [1.807, 2.05) is 15.9 Å². The molecule has 0 spiro atoms. The lowest BCUT2D eigenvalue weighted by molar-refractivity contribution is -0.145. The minimum absolute atomic E-state index is 0.0450. The third kappa shape index (κ3) is 3.49. The van der Waals surface area contributed by atoms with Gasteiger partial charge in [0.25, 0.3) is 12.4 Å². The fourth-order valence-electron chi connectivity index (χ4n) is 5.69. The number of aromatic nitrogens is 1. The number of hydrogen-bond acceptors (Lipinski definition) is 5. The number of carbonyl (C=O) groups is 3. The summed E-state index contributed by atoms with van der Waals surface area (Å²) in [5.74, 6) is 0.114. The molecule has 31 heavy (non-hydrogen) atoms. The van der Waals surface area contributed by atoms with Gasteiger partial charge in [0.1, 0.15) is 6.26 Å². The van der Waals surface area contributed by atoms with Gasteiger partial charge in [-0.15, -0.1) is 0 Å². The summed E-state index contributed by atoms with van der Waals surface area (Å²) in [7, 11) is 0. The van der Waals surface area contributed by atoms with Crippen LogP contribution in [-0.2, 0) is 22.6 Å². The van der Waals surface area contributed by atoms with Crippen LogP contribution in [0.3, 0.4) is 0 Å². The van der Waals surface area contributed by atoms with Crippen LogP contribution in [-0.4, -0.2) is 57.0 Å². The molecule has 5 rings (SSSR count). The molecule has 2 saturated heterocycles. The summed E-state index contributed by atoms with van der Waals surface area (Å²) in [6.07, 6.45) is 5.69. The molecule has 3 aliphatic heterocycles. The molecule has 2 aromatic rings. The van der Waals surface area contributed by atoms with Gasteiger partial charge < -0.3 is 19.4 Å². The summed E-state index contributed by atoms with van der Waals surface area (Å²) >= 11 is 0. The first-order valence-corrected chi connectivity index (χ1v) is 10.7. The molecule has 0 aliphatic carbocycles. The Morgan fingerprint density at radius 1 is 1.26 bits per heavy atom. The van der Waals surface area contributed by atoms with Crippen molar-refractivity contribution < 1.29 is 24.0 Å². The highest BCUT2D eigenvalue weighted by molar-refractivity contribution is 5.95.